The molecule has 0 radical (unpaired) electrons. The molecule has 2 atom stereocenters. The summed E-state index contributed by atoms with van der Waals surface area (Å²) in [4.78, 5) is 14.4. The summed E-state index contributed by atoms with van der Waals surface area (Å²) in [6, 6.07) is 0. The molecule has 19 heavy (non-hydrogen) atoms. The summed E-state index contributed by atoms with van der Waals surface area (Å²) in [7, 11) is 0. The van der Waals surface area contributed by atoms with E-state index in [1.54, 1.807) is 0 Å². The van der Waals surface area contributed by atoms with E-state index in [1.807, 2.05) is 20.8 Å². The second-order valence-corrected chi connectivity index (χ2v) is 5.35. The lowest BCUT2D eigenvalue weighted by atomic mass is 10.0. The fraction of sp³-hybridized carbons (Fsp3) is 0.929. The van der Waals surface area contributed by atoms with Crippen LogP contribution in [0.15, 0.2) is 0 Å². The van der Waals surface area contributed by atoms with E-state index in [4.69, 9.17) is 9.47 Å². The Balaban J connectivity index is 2.67. The lowest BCUT2D eigenvalue weighted by Crippen LogP contribution is -2.58. The summed E-state index contributed by atoms with van der Waals surface area (Å²) >= 11 is 0. The first-order chi connectivity index (χ1) is 9.01. The van der Waals surface area contributed by atoms with Crippen molar-refractivity contribution in [1.82, 2.24) is 10.2 Å². The fourth-order valence-corrected chi connectivity index (χ4v) is 2.54. The highest BCUT2D eigenvalue weighted by Crippen LogP contribution is 2.13. The van der Waals surface area contributed by atoms with Crippen molar-refractivity contribution in [1.29, 1.82) is 0 Å². The zero-order valence-corrected chi connectivity index (χ0v) is 12.7. The monoisotopic (exact) mass is 272 g/mol. The molecule has 0 aromatic carbocycles. The van der Waals surface area contributed by atoms with Crippen LogP contribution in [-0.4, -0.2) is 61.9 Å². The highest BCUT2D eigenvalue weighted by atomic mass is 16.5. The van der Waals surface area contributed by atoms with E-state index in [0.717, 1.165) is 32.7 Å². The number of esters is 1. The van der Waals surface area contributed by atoms with Gasteiger partial charge in [-0.25, -0.2) is 0 Å². The van der Waals surface area contributed by atoms with Gasteiger partial charge in [0.15, 0.2) is 0 Å². The smallest absolute Gasteiger partial charge is 0.327 e. The first kappa shape index (κ1) is 16.4. The van der Waals surface area contributed by atoms with Gasteiger partial charge in [-0.2, -0.15) is 0 Å². The standard InChI is InChI=1S/C14H28N2O3/c1-5-15-14(4,13(17)18-6-2)11-16-8-7-9-19-12(3)10-16/h12,15H,5-11H2,1-4H3. The largest absolute Gasteiger partial charge is 0.465 e. The van der Waals surface area contributed by atoms with Crippen LogP contribution in [0.1, 0.15) is 34.1 Å². The summed E-state index contributed by atoms with van der Waals surface area (Å²) < 4.78 is 10.8. The van der Waals surface area contributed by atoms with Crippen LogP contribution in [0, 0.1) is 0 Å². The molecular weight excluding hydrogens is 244 g/mol. The van der Waals surface area contributed by atoms with E-state index < -0.39 is 5.54 Å². The van der Waals surface area contributed by atoms with Crippen molar-refractivity contribution in [3.8, 4) is 0 Å². The van der Waals surface area contributed by atoms with Gasteiger partial charge in [-0.05, 0) is 33.7 Å². The maximum absolute atomic E-state index is 12.2. The van der Waals surface area contributed by atoms with Crippen LogP contribution in [0.3, 0.4) is 0 Å². The van der Waals surface area contributed by atoms with Gasteiger partial charge in [-0.1, -0.05) is 6.92 Å². The number of ether oxygens (including phenoxy) is 2. The second-order valence-electron chi connectivity index (χ2n) is 5.35. The molecule has 112 valence electrons. The number of nitrogens with zero attached hydrogens (tertiary/aromatic N) is 1. The van der Waals surface area contributed by atoms with Crippen LogP contribution in [0.25, 0.3) is 0 Å². The first-order valence-corrected chi connectivity index (χ1v) is 7.28. The third kappa shape index (κ3) is 5.09. The van der Waals surface area contributed by atoms with Gasteiger partial charge in [0.25, 0.3) is 0 Å². The van der Waals surface area contributed by atoms with Crippen molar-refractivity contribution in [3.63, 3.8) is 0 Å². The van der Waals surface area contributed by atoms with Gasteiger partial charge in [-0.15, -0.1) is 0 Å². The van der Waals surface area contributed by atoms with E-state index >= 15 is 0 Å². The molecule has 0 saturated carbocycles. The fourth-order valence-electron chi connectivity index (χ4n) is 2.54. The van der Waals surface area contributed by atoms with E-state index in [-0.39, 0.29) is 12.1 Å². The number of rotatable bonds is 6. The predicted octanol–water partition coefficient (Wildman–Crippen LogP) is 1.03. The average molecular weight is 272 g/mol. The van der Waals surface area contributed by atoms with Gasteiger partial charge >= 0.3 is 5.97 Å². The van der Waals surface area contributed by atoms with Gasteiger partial charge in [0.05, 0.1) is 12.7 Å². The molecule has 1 aliphatic rings. The van der Waals surface area contributed by atoms with Crippen LogP contribution in [-0.2, 0) is 14.3 Å². The van der Waals surface area contributed by atoms with Crippen LogP contribution in [0.5, 0.6) is 0 Å². The molecule has 0 bridgehead atoms. The Kier molecular flexibility index (Phi) is 6.75. The molecule has 1 rings (SSSR count). The predicted molar refractivity (Wildman–Crippen MR) is 75.2 cm³/mol. The molecule has 1 fully saturated rings. The molecule has 5 nitrogen and oxygen atoms in total. The second kappa shape index (κ2) is 7.82. The zero-order chi connectivity index (χ0) is 14.3. The molecule has 0 aromatic rings. The third-order valence-electron chi connectivity index (χ3n) is 3.37. The maximum atomic E-state index is 12.2. The van der Waals surface area contributed by atoms with Gasteiger partial charge in [0.2, 0.25) is 0 Å². The summed E-state index contributed by atoms with van der Waals surface area (Å²) in [5, 5.41) is 3.27. The lowest BCUT2D eigenvalue weighted by Gasteiger charge is -2.34. The normalized spacial score (nSPS) is 24.5. The molecule has 0 aliphatic carbocycles. The van der Waals surface area contributed by atoms with Crippen LogP contribution in [0.2, 0.25) is 0 Å². The molecule has 2 unspecified atom stereocenters. The Morgan fingerprint density at radius 1 is 1.53 bits per heavy atom. The van der Waals surface area contributed by atoms with Crippen molar-refractivity contribution in [2.75, 3.05) is 39.4 Å². The number of hydrogen-bond donors (Lipinski definition) is 1. The molecule has 1 N–H and O–H groups in total. The summed E-state index contributed by atoms with van der Waals surface area (Å²) in [5.74, 6) is -0.172. The van der Waals surface area contributed by atoms with Crippen molar-refractivity contribution < 1.29 is 14.3 Å². The topological polar surface area (TPSA) is 50.8 Å². The van der Waals surface area contributed by atoms with Crippen LogP contribution in [0.4, 0.5) is 0 Å². The number of carbonyl (C=O) groups excluding carboxylic acids is 1. The maximum Gasteiger partial charge on any atom is 0.327 e. The van der Waals surface area contributed by atoms with Gasteiger partial charge < -0.3 is 14.8 Å². The minimum absolute atomic E-state index is 0.172. The number of likely N-dealkylation sites (N-methyl/N-ethyl adjacent to an activating group) is 1. The number of nitrogens with one attached hydrogen (secondary N) is 1. The Hall–Kier alpha value is -0.650. The van der Waals surface area contributed by atoms with Gasteiger partial charge in [-0.3, -0.25) is 9.69 Å². The Morgan fingerprint density at radius 3 is 2.89 bits per heavy atom. The molecule has 0 spiro atoms. The van der Waals surface area contributed by atoms with E-state index in [2.05, 4.69) is 17.1 Å². The minimum Gasteiger partial charge on any atom is -0.465 e. The van der Waals surface area contributed by atoms with Gasteiger partial charge in [0.1, 0.15) is 5.54 Å². The Labute approximate surface area is 116 Å². The molecular formula is C14H28N2O3. The van der Waals surface area contributed by atoms with Crippen LogP contribution < -0.4 is 5.32 Å². The molecule has 5 heteroatoms. The van der Waals surface area contributed by atoms with E-state index in [0.29, 0.717) is 13.2 Å². The van der Waals surface area contributed by atoms with Crippen molar-refractivity contribution in [2.45, 2.75) is 45.8 Å². The molecule has 1 heterocycles. The molecule has 1 saturated heterocycles. The Morgan fingerprint density at radius 2 is 2.26 bits per heavy atom. The highest BCUT2D eigenvalue weighted by molar-refractivity contribution is 5.80. The molecule has 0 aromatic heterocycles. The minimum atomic E-state index is -0.644. The van der Waals surface area contributed by atoms with Crippen molar-refractivity contribution in [3.05, 3.63) is 0 Å². The summed E-state index contributed by atoms with van der Waals surface area (Å²) in [6.07, 6.45) is 1.23. The third-order valence-corrected chi connectivity index (χ3v) is 3.37. The van der Waals surface area contributed by atoms with Crippen molar-refractivity contribution in [2.24, 2.45) is 0 Å². The average Bonchev–Trinajstić information content (AvgIpc) is 2.54. The Bertz CT molecular complexity index is 286. The quantitative estimate of drug-likeness (QED) is 0.732. The van der Waals surface area contributed by atoms with Crippen LogP contribution >= 0.6 is 0 Å². The van der Waals surface area contributed by atoms with Gasteiger partial charge in [0, 0.05) is 26.2 Å². The number of hydrogen-bond acceptors (Lipinski definition) is 5. The van der Waals surface area contributed by atoms with E-state index in [1.165, 1.54) is 0 Å². The summed E-state index contributed by atoms with van der Waals surface area (Å²) in [5.41, 5.74) is -0.644. The SMILES string of the molecule is CCNC(C)(CN1CCCOC(C)C1)C(=O)OCC. The molecule has 0 amide bonds. The van der Waals surface area contributed by atoms with Crippen molar-refractivity contribution >= 4 is 5.97 Å². The zero-order valence-electron chi connectivity index (χ0n) is 12.7. The molecule has 1 aliphatic heterocycles. The number of carbonyl (C=O) groups is 1. The highest BCUT2D eigenvalue weighted by Gasteiger charge is 2.36. The first-order valence-electron chi connectivity index (χ1n) is 7.28. The summed E-state index contributed by atoms with van der Waals surface area (Å²) in [6.45, 7) is 12.3. The lowest BCUT2D eigenvalue weighted by molar-refractivity contribution is -0.151. The van der Waals surface area contributed by atoms with E-state index in [9.17, 15) is 4.79 Å².